The summed E-state index contributed by atoms with van der Waals surface area (Å²) >= 11 is 7.39. The number of anilines is 1. The molecular formula is C18H16ClN3OS. The number of ether oxygens (including phenoxy) is 1. The molecule has 0 bridgehead atoms. The smallest absolute Gasteiger partial charge is 0.206 e. The molecule has 0 aliphatic heterocycles. The van der Waals surface area contributed by atoms with Crippen LogP contribution in [-0.4, -0.2) is 16.7 Å². The van der Waals surface area contributed by atoms with E-state index in [1.807, 2.05) is 48.5 Å². The first kappa shape index (κ1) is 16.5. The summed E-state index contributed by atoms with van der Waals surface area (Å²) in [6.45, 7) is 4.80. The number of nitrogens with one attached hydrogen (secondary N) is 1. The molecule has 0 spiro atoms. The maximum absolute atomic E-state index is 5.97. The first-order valence-electron chi connectivity index (χ1n) is 7.41. The van der Waals surface area contributed by atoms with Crippen LogP contribution in [0.1, 0.15) is 5.56 Å². The number of hydrogen-bond donors (Lipinski definition) is 1. The summed E-state index contributed by atoms with van der Waals surface area (Å²) < 4.78 is 5.97. The van der Waals surface area contributed by atoms with Crippen LogP contribution in [0.25, 0.3) is 10.6 Å². The van der Waals surface area contributed by atoms with E-state index in [1.165, 1.54) is 11.3 Å². The molecule has 1 N–H and O–H groups in total. The first-order chi connectivity index (χ1) is 11.8. The van der Waals surface area contributed by atoms with E-state index < -0.39 is 0 Å². The Kier molecular flexibility index (Phi) is 5.46. The maximum atomic E-state index is 5.97. The lowest BCUT2D eigenvalue weighted by atomic mass is 10.2. The van der Waals surface area contributed by atoms with E-state index in [-0.39, 0.29) is 0 Å². The van der Waals surface area contributed by atoms with Crippen molar-refractivity contribution in [3.05, 3.63) is 71.8 Å². The fraction of sp³-hybridized carbons (Fsp3) is 0.111. The van der Waals surface area contributed by atoms with Crippen molar-refractivity contribution in [2.24, 2.45) is 0 Å². The van der Waals surface area contributed by atoms with Crippen molar-refractivity contribution >= 4 is 28.1 Å². The average Bonchev–Trinajstić information content (AvgIpc) is 3.08. The van der Waals surface area contributed by atoms with Gasteiger partial charge < -0.3 is 10.1 Å². The van der Waals surface area contributed by atoms with Gasteiger partial charge in [-0.3, -0.25) is 0 Å². The quantitative estimate of drug-likeness (QED) is 0.602. The van der Waals surface area contributed by atoms with E-state index in [2.05, 4.69) is 22.1 Å². The molecule has 0 saturated heterocycles. The predicted molar refractivity (Wildman–Crippen MR) is 99.8 cm³/mol. The monoisotopic (exact) mass is 357 g/mol. The van der Waals surface area contributed by atoms with Crippen LogP contribution in [0.4, 0.5) is 5.13 Å². The first-order valence-corrected chi connectivity index (χ1v) is 8.60. The summed E-state index contributed by atoms with van der Waals surface area (Å²) in [6.07, 6.45) is 1.78. The summed E-state index contributed by atoms with van der Waals surface area (Å²) in [7, 11) is 0. The Morgan fingerprint density at radius 3 is 2.71 bits per heavy atom. The topological polar surface area (TPSA) is 47.0 Å². The molecular weight excluding hydrogens is 342 g/mol. The number of benzene rings is 2. The van der Waals surface area contributed by atoms with Crippen LogP contribution in [0.3, 0.4) is 0 Å². The van der Waals surface area contributed by atoms with Gasteiger partial charge in [-0.1, -0.05) is 53.3 Å². The van der Waals surface area contributed by atoms with Gasteiger partial charge in [0.05, 0.1) is 5.56 Å². The highest BCUT2D eigenvalue weighted by Gasteiger charge is 2.11. The van der Waals surface area contributed by atoms with Crippen molar-refractivity contribution in [2.45, 2.75) is 6.61 Å². The Bertz CT molecular complexity index is 817. The Hall–Kier alpha value is -2.37. The van der Waals surface area contributed by atoms with Gasteiger partial charge in [-0.25, -0.2) is 0 Å². The minimum Gasteiger partial charge on any atom is -0.488 e. The molecule has 2 aromatic carbocycles. The predicted octanol–water partition coefficient (Wildman–Crippen LogP) is 5.04. The van der Waals surface area contributed by atoms with E-state index >= 15 is 0 Å². The molecule has 3 rings (SSSR count). The molecule has 1 heterocycles. The number of hydrogen-bond acceptors (Lipinski definition) is 5. The molecule has 24 heavy (non-hydrogen) atoms. The second-order valence-corrected chi connectivity index (χ2v) is 6.41. The van der Waals surface area contributed by atoms with Gasteiger partial charge in [-0.15, -0.1) is 16.8 Å². The van der Waals surface area contributed by atoms with Gasteiger partial charge in [0.2, 0.25) is 5.13 Å². The molecule has 0 unspecified atom stereocenters. The lowest BCUT2D eigenvalue weighted by Gasteiger charge is -2.09. The highest BCUT2D eigenvalue weighted by Crippen LogP contribution is 2.33. The molecule has 4 nitrogen and oxygen atoms in total. The van der Waals surface area contributed by atoms with Gasteiger partial charge in [0, 0.05) is 11.6 Å². The molecule has 0 aliphatic carbocycles. The van der Waals surface area contributed by atoms with Crippen molar-refractivity contribution in [3.63, 3.8) is 0 Å². The van der Waals surface area contributed by atoms with Crippen LogP contribution in [0, 0.1) is 0 Å². The van der Waals surface area contributed by atoms with Gasteiger partial charge in [-0.05, 0) is 29.8 Å². The third kappa shape index (κ3) is 4.13. The van der Waals surface area contributed by atoms with Gasteiger partial charge in [0.15, 0.2) is 5.01 Å². The van der Waals surface area contributed by atoms with Crippen molar-refractivity contribution in [2.75, 3.05) is 11.9 Å². The van der Waals surface area contributed by atoms with E-state index in [0.29, 0.717) is 18.2 Å². The molecule has 3 aromatic rings. The van der Waals surface area contributed by atoms with E-state index in [0.717, 1.165) is 27.0 Å². The van der Waals surface area contributed by atoms with Gasteiger partial charge >= 0.3 is 0 Å². The Morgan fingerprint density at radius 2 is 1.92 bits per heavy atom. The van der Waals surface area contributed by atoms with Crippen LogP contribution in [0.2, 0.25) is 5.02 Å². The largest absolute Gasteiger partial charge is 0.488 e. The van der Waals surface area contributed by atoms with Crippen molar-refractivity contribution < 1.29 is 4.74 Å². The van der Waals surface area contributed by atoms with Crippen LogP contribution in [0.15, 0.2) is 61.2 Å². The highest BCUT2D eigenvalue weighted by atomic mass is 35.5. The summed E-state index contributed by atoms with van der Waals surface area (Å²) in [6, 6.07) is 15.4. The van der Waals surface area contributed by atoms with Gasteiger partial charge in [0.25, 0.3) is 0 Å². The highest BCUT2D eigenvalue weighted by molar-refractivity contribution is 7.18. The lowest BCUT2D eigenvalue weighted by molar-refractivity contribution is 0.307. The molecule has 1 aromatic heterocycles. The molecule has 0 radical (unpaired) electrons. The lowest BCUT2D eigenvalue weighted by Crippen LogP contribution is -1.96. The molecule has 0 amide bonds. The summed E-state index contributed by atoms with van der Waals surface area (Å²) in [4.78, 5) is 0. The second-order valence-electron chi connectivity index (χ2n) is 4.99. The number of nitrogens with zero attached hydrogens (tertiary/aromatic N) is 2. The molecule has 122 valence electrons. The number of halogens is 1. The molecule has 0 saturated carbocycles. The zero-order valence-electron chi connectivity index (χ0n) is 12.9. The molecule has 0 atom stereocenters. The van der Waals surface area contributed by atoms with Crippen molar-refractivity contribution in [1.82, 2.24) is 10.2 Å². The van der Waals surface area contributed by atoms with Crippen LogP contribution < -0.4 is 10.1 Å². The Balaban J connectivity index is 1.76. The SMILES string of the molecule is C=CCNc1nnc(-c2ccccc2OCc2ccc(Cl)cc2)s1. The normalized spacial score (nSPS) is 10.4. The van der Waals surface area contributed by atoms with E-state index in [4.69, 9.17) is 16.3 Å². The zero-order chi connectivity index (χ0) is 16.8. The number of rotatable bonds is 7. The summed E-state index contributed by atoms with van der Waals surface area (Å²) in [5.41, 5.74) is 1.98. The average molecular weight is 358 g/mol. The number of aromatic nitrogens is 2. The van der Waals surface area contributed by atoms with Crippen LogP contribution in [-0.2, 0) is 6.61 Å². The fourth-order valence-electron chi connectivity index (χ4n) is 2.07. The third-order valence-corrected chi connectivity index (χ3v) is 4.41. The molecule has 0 aliphatic rings. The standard InChI is InChI=1S/C18H16ClN3OS/c1-2-11-20-18-22-21-17(24-18)15-5-3-4-6-16(15)23-12-13-7-9-14(19)10-8-13/h2-10H,1,11-12H2,(H,20,22). The van der Waals surface area contributed by atoms with Gasteiger partial charge in [0.1, 0.15) is 12.4 Å². The maximum Gasteiger partial charge on any atom is 0.206 e. The van der Waals surface area contributed by atoms with Crippen molar-refractivity contribution in [1.29, 1.82) is 0 Å². The van der Waals surface area contributed by atoms with E-state index in [1.54, 1.807) is 6.08 Å². The minimum absolute atomic E-state index is 0.467. The zero-order valence-corrected chi connectivity index (χ0v) is 14.5. The molecule has 6 heteroatoms. The van der Waals surface area contributed by atoms with Crippen molar-refractivity contribution in [3.8, 4) is 16.3 Å². The molecule has 0 fully saturated rings. The van der Waals surface area contributed by atoms with Gasteiger partial charge in [-0.2, -0.15) is 0 Å². The fourth-order valence-corrected chi connectivity index (χ4v) is 2.98. The minimum atomic E-state index is 0.467. The second kappa shape index (κ2) is 7.95. The summed E-state index contributed by atoms with van der Waals surface area (Å²) in [5, 5.41) is 13.8. The Morgan fingerprint density at radius 1 is 1.12 bits per heavy atom. The number of para-hydroxylation sites is 1. The van der Waals surface area contributed by atoms with Crippen LogP contribution >= 0.6 is 22.9 Å². The Labute approximate surface area is 149 Å². The summed E-state index contributed by atoms with van der Waals surface area (Å²) in [5.74, 6) is 0.777. The van der Waals surface area contributed by atoms with Crippen LogP contribution in [0.5, 0.6) is 5.75 Å². The van der Waals surface area contributed by atoms with E-state index in [9.17, 15) is 0 Å². The third-order valence-electron chi connectivity index (χ3n) is 3.25.